The Morgan fingerprint density at radius 1 is 0.509 bits per heavy atom. The SMILES string of the molecule is Cc1cc(N)ccc1-c1ccc2c3c(cccc13)C(=O)N(C1CCC(N3C(=O)c4cccc5c(-c6ccc(N)cc6C(F)(F)F)ccc(c45)C3=O)CC1)C2=O. The van der Waals surface area contributed by atoms with Crippen LogP contribution in [0.4, 0.5) is 24.5 Å². The third-order valence-electron chi connectivity index (χ3n) is 11.5. The summed E-state index contributed by atoms with van der Waals surface area (Å²) in [6.07, 6.45) is -3.22. The molecule has 0 radical (unpaired) electrons. The van der Waals surface area contributed by atoms with Crippen LogP contribution in [0.15, 0.2) is 97.1 Å². The van der Waals surface area contributed by atoms with E-state index < -0.39 is 35.6 Å². The molecule has 1 aliphatic carbocycles. The number of carbonyl (C=O) groups excluding carboxylic acids is 4. The third kappa shape index (κ3) is 5.20. The second-order valence-electron chi connectivity index (χ2n) is 14.6. The summed E-state index contributed by atoms with van der Waals surface area (Å²) >= 11 is 0. The van der Waals surface area contributed by atoms with E-state index in [0.29, 0.717) is 58.7 Å². The lowest BCUT2D eigenvalue weighted by atomic mass is 9.83. The van der Waals surface area contributed by atoms with E-state index in [2.05, 4.69) is 0 Å². The molecule has 0 spiro atoms. The van der Waals surface area contributed by atoms with Crippen molar-refractivity contribution < 1.29 is 32.3 Å². The molecule has 6 aromatic rings. The summed E-state index contributed by atoms with van der Waals surface area (Å²) in [5.74, 6) is -1.83. The van der Waals surface area contributed by atoms with Gasteiger partial charge in [0, 0.05) is 56.5 Å². The Morgan fingerprint density at radius 2 is 0.891 bits per heavy atom. The smallest absolute Gasteiger partial charge is 0.399 e. The summed E-state index contributed by atoms with van der Waals surface area (Å²) in [6, 6.07) is 25.2. The lowest BCUT2D eigenvalue weighted by molar-refractivity contribution is -0.137. The highest BCUT2D eigenvalue weighted by Gasteiger charge is 2.44. The Morgan fingerprint density at radius 3 is 1.35 bits per heavy atom. The van der Waals surface area contributed by atoms with Crippen LogP contribution in [-0.4, -0.2) is 45.5 Å². The van der Waals surface area contributed by atoms with Gasteiger partial charge in [-0.2, -0.15) is 13.2 Å². The van der Waals surface area contributed by atoms with Crippen LogP contribution in [0.25, 0.3) is 43.8 Å². The minimum atomic E-state index is -4.69. The van der Waals surface area contributed by atoms with Gasteiger partial charge in [-0.05, 0) is 120 Å². The van der Waals surface area contributed by atoms with Gasteiger partial charge in [0.05, 0.1) is 5.56 Å². The monoisotopic (exact) mass is 738 g/mol. The zero-order valence-corrected chi connectivity index (χ0v) is 29.5. The van der Waals surface area contributed by atoms with E-state index in [4.69, 9.17) is 11.5 Å². The standard InChI is InChI=1S/C44H33F3N4O4/c1-22-20-23(48)8-14-27(22)28-16-18-35-38-31(28)4-2-6-33(38)40(52)50(42(35)54)25-10-12-26(13-11-25)51-41(53)34-7-3-5-32-29(17-19-36(39(32)34)43(51)55)30-15-9-24(49)21-37(30)44(45,46)47/h2-9,14-21,25-26H,10-13,48-49H2,1H3. The van der Waals surface area contributed by atoms with Gasteiger partial charge in [0.15, 0.2) is 0 Å². The van der Waals surface area contributed by atoms with E-state index in [0.717, 1.165) is 28.1 Å². The minimum absolute atomic E-state index is 0.0372. The Hall–Kier alpha value is -6.49. The first-order valence-corrected chi connectivity index (χ1v) is 18.0. The predicted octanol–water partition coefficient (Wildman–Crippen LogP) is 9.02. The molecular formula is C44H33F3N4O4. The normalized spacial score (nSPS) is 18.5. The Bertz CT molecular complexity index is 2650. The maximum absolute atomic E-state index is 14.1. The van der Waals surface area contributed by atoms with E-state index in [-0.39, 0.29) is 39.8 Å². The number of hydrogen-bond donors (Lipinski definition) is 2. The van der Waals surface area contributed by atoms with Crippen molar-refractivity contribution in [3.8, 4) is 22.3 Å². The van der Waals surface area contributed by atoms with Crippen molar-refractivity contribution >= 4 is 56.5 Å². The largest absolute Gasteiger partial charge is 0.417 e. The molecule has 2 heterocycles. The molecule has 6 aromatic carbocycles. The zero-order valence-electron chi connectivity index (χ0n) is 29.5. The molecule has 274 valence electrons. The molecule has 1 saturated carbocycles. The van der Waals surface area contributed by atoms with Gasteiger partial charge in [-0.15, -0.1) is 0 Å². The van der Waals surface area contributed by atoms with Crippen LogP contribution in [0.1, 0.15) is 78.2 Å². The molecule has 4 amide bonds. The summed E-state index contributed by atoms with van der Waals surface area (Å²) in [6.45, 7) is 1.97. The molecule has 1 fully saturated rings. The molecule has 0 saturated heterocycles. The van der Waals surface area contributed by atoms with Gasteiger partial charge in [0.1, 0.15) is 0 Å². The number of carbonyl (C=O) groups is 4. The molecule has 4 N–H and O–H groups in total. The number of rotatable bonds is 4. The fourth-order valence-corrected chi connectivity index (χ4v) is 8.96. The number of imide groups is 2. The second-order valence-corrected chi connectivity index (χ2v) is 14.6. The van der Waals surface area contributed by atoms with Crippen molar-refractivity contribution in [2.45, 2.75) is 50.9 Å². The lowest BCUT2D eigenvalue weighted by Crippen LogP contribution is -2.53. The van der Waals surface area contributed by atoms with Crippen LogP contribution < -0.4 is 11.5 Å². The molecule has 8 nitrogen and oxygen atoms in total. The number of nitrogen functional groups attached to an aromatic ring is 2. The van der Waals surface area contributed by atoms with Gasteiger partial charge in [-0.25, -0.2) is 0 Å². The molecule has 2 aliphatic heterocycles. The van der Waals surface area contributed by atoms with Crippen molar-refractivity contribution in [1.29, 1.82) is 0 Å². The molecule has 55 heavy (non-hydrogen) atoms. The van der Waals surface area contributed by atoms with Crippen LogP contribution in [-0.2, 0) is 6.18 Å². The van der Waals surface area contributed by atoms with Crippen molar-refractivity contribution in [2.75, 3.05) is 11.5 Å². The molecule has 11 heteroatoms. The molecule has 0 bridgehead atoms. The van der Waals surface area contributed by atoms with Crippen LogP contribution in [0.5, 0.6) is 0 Å². The molecule has 0 aromatic heterocycles. The van der Waals surface area contributed by atoms with Crippen molar-refractivity contribution in [3.63, 3.8) is 0 Å². The number of hydrogen-bond acceptors (Lipinski definition) is 6. The molecule has 9 rings (SSSR count). The maximum atomic E-state index is 14.1. The fraction of sp³-hybridized carbons (Fsp3) is 0.182. The number of amides is 4. The first-order chi connectivity index (χ1) is 26.3. The second kappa shape index (κ2) is 12.3. The summed E-state index contributed by atoms with van der Waals surface area (Å²) in [7, 11) is 0. The first-order valence-electron chi connectivity index (χ1n) is 18.0. The third-order valence-corrected chi connectivity index (χ3v) is 11.5. The highest BCUT2D eigenvalue weighted by Crippen LogP contribution is 2.44. The number of aryl methyl sites for hydroxylation is 1. The van der Waals surface area contributed by atoms with Gasteiger partial charge in [-0.1, -0.05) is 48.5 Å². The number of nitrogens with zero attached hydrogens (tertiary/aromatic N) is 2. The van der Waals surface area contributed by atoms with Crippen LogP contribution in [0.3, 0.4) is 0 Å². The van der Waals surface area contributed by atoms with Gasteiger partial charge < -0.3 is 11.5 Å². The number of halogens is 3. The molecule has 0 unspecified atom stereocenters. The Kier molecular flexibility index (Phi) is 7.65. The summed E-state index contributed by atoms with van der Waals surface area (Å²) in [4.78, 5) is 59.1. The van der Waals surface area contributed by atoms with Crippen LogP contribution in [0, 0.1) is 6.92 Å². The maximum Gasteiger partial charge on any atom is 0.417 e. The summed E-state index contributed by atoms with van der Waals surface area (Å²) in [5.41, 5.74) is 15.7. The van der Waals surface area contributed by atoms with Crippen molar-refractivity contribution in [1.82, 2.24) is 9.80 Å². The average molecular weight is 739 g/mol. The highest BCUT2D eigenvalue weighted by molar-refractivity contribution is 6.28. The fourth-order valence-electron chi connectivity index (χ4n) is 8.96. The van der Waals surface area contributed by atoms with Crippen LogP contribution in [0.2, 0.25) is 0 Å². The minimum Gasteiger partial charge on any atom is -0.399 e. The molecule has 0 atom stereocenters. The highest BCUT2D eigenvalue weighted by atomic mass is 19.4. The number of nitrogens with two attached hydrogens (primary N) is 2. The lowest BCUT2D eigenvalue weighted by Gasteiger charge is -2.41. The zero-order chi connectivity index (χ0) is 38.5. The van der Waals surface area contributed by atoms with E-state index in [1.807, 2.05) is 43.3 Å². The molecular weight excluding hydrogens is 706 g/mol. The number of benzene rings is 6. The van der Waals surface area contributed by atoms with Gasteiger partial charge in [0.2, 0.25) is 0 Å². The van der Waals surface area contributed by atoms with Crippen LogP contribution >= 0.6 is 0 Å². The Balaban J connectivity index is 0.993. The average Bonchev–Trinajstić information content (AvgIpc) is 3.16. The topological polar surface area (TPSA) is 127 Å². The van der Waals surface area contributed by atoms with E-state index in [9.17, 15) is 32.3 Å². The van der Waals surface area contributed by atoms with Gasteiger partial charge in [0.25, 0.3) is 23.6 Å². The first kappa shape index (κ1) is 34.3. The summed E-state index contributed by atoms with van der Waals surface area (Å²) < 4.78 is 42.4. The van der Waals surface area contributed by atoms with Crippen molar-refractivity contribution in [2.24, 2.45) is 0 Å². The number of anilines is 2. The van der Waals surface area contributed by atoms with Gasteiger partial charge in [-0.3, -0.25) is 29.0 Å². The van der Waals surface area contributed by atoms with Gasteiger partial charge >= 0.3 is 6.18 Å². The number of alkyl halides is 3. The Labute approximate surface area is 313 Å². The quantitative estimate of drug-likeness (QED) is 0.137. The van der Waals surface area contributed by atoms with Crippen molar-refractivity contribution in [3.05, 3.63) is 130 Å². The molecule has 3 aliphatic rings. The summed E-state index contributed by atoms with van der Waals surface area (Å²) in [5, 5.41) is 2.06. The van der Waals surface area contributed by atoms with E-state index in [1.54, 1.807) is 30.3 Å². The van der Waals surface area contributed by atoms with E-state index in [1.165, 1.54) is 34.1 Å². The predicted molar refractivity (Wildman–Crippen MR) is 204 cm³/mol. The van der Waals surface area contributed by atoms with E-state index >= 15 is 0 Å².